The Morgan fingerprint density at radius 1 is 1.16 bits per heavy atom. The monoisotopic (exact) mass is 303 g/mol. The van der Waals surface area contributed by atoms with Gasteiger partial charge < -0.3 is 10.0 Å². The average Bonchev–Trinajstić information content (AvgIpc) is 2.26. The fourth-order valence-electron chi connectivity index (χ4n) is 1.41. The first-order valence-corrected chi connectivity index (χ1v) is 6.00. The van der Waals surface area contributed by atoms with Crippen molar-refractivity contribution in [2.45, 2.75) is 13.0 Å². The van der Waals surface area contributed by atoms with Crippen molar-refractivity contribution in [3.63, 3.8) is 0 Å². The molecule has 7 heteroatoms. The van der Waals surface area contributed by atoms with Gasteiger partial charge in [-0.15, -0.1) is 0 Å². The molecule has 0 aliphatic heterocycles. The van der Waals surface area contributed by atoms with Crippen LogP contribution in [0.2, 0.25) is 10.0 Å². The van der Waals surface area contributed by atoms with Crippen LogP contribution in [0.1, 0.15) is 12.0 Å². The molecule has 0 aromatic heterocycles. The first-order valence-electron chi connectivity index (χ1n) is 5.24. The van der Waals surface area contributed by atoms with Crippen molar-refractivity contribution < 1.29 is 19.5 Å². The van der Waals surface area contributed by atoms with Gasteiger partial charge in [0.25, 0.3) is 0 Å². The highest BCUT2D eigenvalue weighted by atomic mass is 35.5. The number of hydrogen-bond acceptors (Lipinski definition) is 3. The largest absolute Gasteiger partial charge is 0.475 e. The molecule has 0 aliphatic carbocycles. The summed E-state index contributed by atoms with van der Waals surface area (Å²) >= 11 is 11.6. The zero-order valence-electron chi connectivity index (χ0n) is 10.0. The second-order valence-electron chi connectivity index (χ2n) is 3.93. The molecule has 5 nitrogen and oxygen atoms in total. The molecule has 0 saturated heterocycles. The Labute approximate surface area is 119 Å². The van der Waals surface area contributed by atoms with E-state index in [2.05, 4.69) is 0 Å². The number of rotatable bonds is 5. The van der Waals surface area contributed by atoms with Gasteiger partial charge in [0, 0.05) is 23.6 Å². The topological polar surface area (TPSA) is 74.7 Å². The van der Waals surface area contributed by atoms with E-state index < -0.39 is 24.1 Å². The summed E-state index contributed by atoms with van der Waals surface area (Å²) in [5.74, 6) is -3.34. The van der Waals surface area contributed by atoms with Gasteiger partial charge in [0.05, 0.1) is 6.42 Å². The van der Waals surface area contributed by atoms with Gasteiger partial charge in [0.15, 0.2) is 0 Å². The molecule has 0 heterocycles. The molecule has 0 bridgehead atoms. The van der Waals surface area contributed by atoms with Crippen LogP contribution in [0.4, 0.5) is 0 Å². The first kappa shape index (κ1) is 15.5. The van der Waals surface area contributed by atoms with E-state index in [1.165, 1.54) is 11.9 Å². The summed E-state index contributed by atoms with van der Waals surface area (Å²) in [5, 5.41) is 9.29. The van der Waals surface area contributed by atoms with E-state index in [4.69, 9.17) is 28.3 Å². The van der Waals surface area contributed by atoms with Crippen LogP contribution in [0.15, 0.2) is 18.2 Å². The summed E-state index contributed by atoms with van der Waals surface area (Å²) in [7, 11) is 1.46. The fourth-order valence-corrected chi connectivity index (χ4v) is 1.98. The predicted molar refractivity (Wildman–Crippen MR) is 70.2 cm³/mol. The van der Waals surface area contributed by atoms with Crippen LogP contribution in [0.5, 0.6) is 0 Å². The van der Waals surface area contributed by atoms with E-state index >= 15 is 0 Å². The minimum Gasteiger partial charge on any atom is -0.475 e. The number of aliphatic carboxylic acids is 1. The lowest BCUT2D eigenvalue weighted by atomic mass is 10.2. The zero-order chi connectivity index (χ0) is 14.6. The Morgan fingerprint density at radius 3 is 2.16 bits per heavy atom. The van der Waals surface area contributed by atoms with Crippen molar-refractivity contribution in [3.8, 4) is 0 Å². The molecule has 0 aliphatic rings. The number of hydrogen-bond donors (Lipinski definition) is 1. The number of Topliss-reactive ketones (excluding diaryl/α,β-unsaturated/α-hetero) is 1. The lowest BCUT2D eigenvalue weighted by Crippen LogP contribution is -2.30. The van der Waals surface area contributed by atoms with Crippen LogP contribution < -0.4 is 0 Å². The summed E-state index contributed by atoms with van der Waals surface area (Å²) in [5.41, 5.74) is 0.691. The Morgan fingerprint density at radius 2 is 1.68 bits per heavy atom. The van der Waals surface area contributed by atoms with Crippen LogP contribution in [0.25, 0.3) is 0 Å². The van der Waals surface area contributed by atoms with E-state index in [1.807, 2.05) is 0 Å². The minimum absolute atomic E-state index is 0.187. The number of carbonyl (C=O) groups excluding carboxylic acids is 2. The van der Waals surface area contributed by atoms with Gasteiger partial charge in [-0.25, -0.2) is 4.79 Å². The molecule has 0 saturated carbocycles. The van der Waals surface area contributed by atoms with Crippen molar-refractivity contribution >= 4 is 40.9 Å². The molecule has 1 rings (SSSR count). The molecule has 1 N–H and O–H groups in total. The van der Waals surface area contributed by atoms with E-state index in [1.54, 1.807) is 18.2 Å². The molecule has 1 amide bonds. The minimum atomic E-state index is -1.62. The van der Waals surface area contributed by atoms with Crippen LogP contribution in [-0.2, 0) is 20.9 Å². The third-order valence-corrected chi connectivity index (χ3v) is 2.75. The number of amides is 1. The molecular formula is C12H11Cl2NO4. The van der Waals surface area contributed by atoms with Crippen molar-refractivity contribution in [3.05, 3.63) is 33.8 Å². The zero-order valence-corrected chi connectivity index (χ0v) is 11.5. The number of carbonyl (C=O) groups is 3. The molecule has 1 aromatic carbocycles. The summed E-state index contributed by atoms with van der Waals surface area (Å²) < 4.78 is 0. The lowest BCUT2D eigenvalue weighted by molar-refractivity contribution is -0.151. The molecule has 0 spiro atoms. The number of ketones is 1. The second kappa shape index (κ2) is 6.54. The van der Waals surface area contributed by atoms with Gasteiger partial charge in [-0.2, -0.15) is 0 Å². The maximum Gasteiger partial charge on any atom is 0.372 e. The smallest absolute Gasteiger partial charge is 0.372 e. The molecule has 0 atom stereocenters. The SMILES string of the molecule is CN(Cc1cc(Cl)cc(Cl)c1)C(=O)CC(=O)C(=O)O. The molecule has 0 fully saturated rings. The van der Waals surface area contributed by atoms with Crippen LogP contribution >= 0.6 is 23.2 Å². The van der Waals surface area contributed by atoms with Gasteiger partial charge in [0.2, 0.25) is 11.7 Å². The van der Waals surface area contributed by atoms with Crippen LogP contribution in [0, 0.1) is 0 Å². The second-order valence-corrected chi connectivity index (χ2v) is 4.81. The van der Waals surface area contributed by atoms with Crippen LogP contribution in [-0.4, -0.2) is 34.7 Å². The van der Waals surface area contributed by atoms with E-state index in [-0.39, 0.29) is 6.54 Å². The van der Waals surface area contributed by atoms with Crippen LogP contribution in [0.3, 0.4) is 0 Å². The highest BCUT2D eigenvalue weighted by Crippen LogP contribution is 2.20. The van der Waals surface area contributed by atoms with Gasteiger partial charge in [-0.05, 0) is 23.8 Å². The van der Waals surface area contributed by atoms with Crippen molar-refractivity contribution in [2.24, 2.45) is 0 Å². The maximum absolute atomic E-state index is 11.6. The molecule has 102 valence electrons. The van der Waals surface area contributed by atoms with Gasteiger partial charge >= 0.3 is 5.97 Å². The van der Waals surface area contributed by atoms with Crippen molar-refractivity contribution in [2.75, 3.05) is 7.05 Å². The molecular weight excluding hydrogens is 293 g/mol. The summed E-state index contributed by atoms with van der Waals surface area (Å²) in [6.07, 6.45) is -0.667. The summed E-state index contributed by atoms with van der Waals surface area (Å²) in [6, 6.07) is 4.83. The molecule has 1 aromatic rings. The fraction of sp³-hybridized carbons (Fsp3) is 0.250. The third kappa shape index (κ3) is 4.89. The summed E-state index contributed by atoms with van der Waals surface area (Å²) in [4.78, 5) is 34.1. The predicted octanol–water partition coefficient (Wildman–Crippen LogP) is 2.00. The number of carboxylic acid groups (broad SMARTS) is 1. The normalized spacial score (nSPS) is 10.1. The van der Waals surface area contributed by atoms with E-state index in [0.717, 1.165) is 0 Å². The van der Waals surface area contributed by atoms with E-state index in [0.29, 0.717) is 15.6 Å². The van der Waals surface area contributed by atoms with Crippen molar-refractivity contribution in [1.82, 2.24) is 4.90 Å². The Kier molecular flexibility index (Phi) is 5.32. The average molecular weight is 304 g/mol. The standard InChI is InChI=1S/C12H11Cl2NO4/c1-15(11(17)5-10(16)12(18)19)6-7-2-8(13)4-9(14)3-7/h2-4H,5-6H2,1H3,(H,18,19). The van der Waals surface area contributed by atoms with Gasteiger partial charge in [0.1, 0.15) is 0 Å². The number of halogens is 2. The highest BCUT2D eigenvalue weighted by molar-refractivity contribution is 6.36. The third-order valence-electron chi connectivity index (χ3n) is 2.32. The summed E-state index contributed by atoms with van der Waals surface area (Å²) in [6.45, 7) is 0.187. The Balaban J connectivity index is 2.68. The molecule has 19 heavy (non-hydrogen) atoms. The first-order chi connectivity index (χ1) is 8.79. The maximum atomic E-state index is 11.6. The van der Waals surface area contributed by atoms with Gasteiger partial charge in [-0.1, -0.05) is 23.2 Å². The van der Waals surface area contributed by atoms with E-state index in [9.17, 15) is 14.4 Å². The number of nitrogens with zero attached hydrogens (tertiary/aromatic N) is 1. The number of carboxylic acids is 1. The van der Waals surface area contributed by atoms with Crippen molar-refractivity contribution in [1.29, 1.82) is 0 Å². The quantitative estimate of drug-likeness (QED) is 0.667. The molecule has 0 unspecified atom stereocenters. The lowest BCUT2D eigenvalue weighted by Gasteiger charge is -2.16. The Bertz CT molecular complexity index is 510. The highest BCUT2D eigenvalue weighted by Gasteiger charge is 2.19. The molecule has 0 radical (unpaired) electrons. The van der Waals surface area contributed by atoms with Gasteiger partial charge in [-0.3, -0.25) is 9.59 Å². The Hall–Kier alpha value is -1.59. The number of benzene rings is 1.